The summed E-state index contributed by atoms with van der Waals surface area (Å²) in [5, 5.41) is 0. The van der Waals surface area contributed by atoms with Crippen LogP contribution < -0.4 is 10.5 Å². The molecule has 1 aliphatic heterocycles. The fourth-order valence-electron chi connectivity index (χ4n) is 3.58. The Morgan fingerprint density at radius 1 is 1.39 bits per heavy atom. The van der Waals surface area contributed by atoms with Crippen molar-refractivity contribution in [1.82, 2.24) is 0 Å². The maximum absolute atomic E-state index is 13.3. The summed E-state index contributed by atoms with van der Waals surface area (Å²) in [5.41, 5.74) is 7.03. The quantitative estimate of drug-likeness (QED) is 0.763. The van der Waals surface area contributed by atoms with Gasteiger partial charge in [0, 0.05) is 24.1 Å². The number of ether oxygens (including phenoxy) is 1. The summed E-state index contributed by atoms with van der Waals surface area (Å²) >= 11 is 0. The minimum atomic E-state index is -0.248. The molecule has 0 aromatic heterocycles. The molecule has 1 heterocycles. The first-order valence-electron chi connectivity index (χ1n) is 6.82. The van der Waals surface area contributed by atoms with E-state index in [4.69, 9.17) is 10.5 Å². The van der Waals surface area contributed by atoms with Gasteiger partial charge in [-0.25, -0.2) is 4.39 Å². The van der Waals surface area contributed by atoms with Crippen LogP contribution in [0.15, 0.2) is 18.2 Å². The lowest BCUT2D eigenvalue weighted by molar-refractivity contribution is -0.0142. The van der Waals surface area contributed by atoms with Crippen LogP contribution in [-0.2, 0) is 0 Å². The van der Waals surface area contributed by atoms with E-state index in [-0.39, 0.29) is 17.5 Å². The maximum atomic E-state index is 13.3. The molecule has 2 unspecified atom stereocenters. The number of rotatable bonds is 0. The van der Waals surface area contributed by atoms with E-state index < -0.39 is 0 Å². The summed E-state index contributed by atoms with van der Waals surface area (Å²) in [6, 6.07) is 4.67. The Balaban J connectivity index is 1.94. The summed E-state index contributed by atoms with van der Waals surface area (Å²) in [5.74, 6) is 1.07. The molecule has 3 rings (SSSR count). The molecule has 1 aliphatic carbocycles. The van der Waals surface area contributed by atoms with Crippen molar-refractivity contribution >= 4 is 0 Å². The predicted molar refractivity (Wildman–Crippen MR) is 68.9 cm³/mol. The highest BCUT2D eigenvalue weighted by atomic mass is 19.1. The highest BCUT2D eigenvalue weighted by Crippen LogP contribution is 2.46. The first-order valence-corrected chi connectivity index (χ1v) is 6.82. The molecule has 98 valence electrons. The van der Waals surface area contributed by atoms with Gasteiger partial charge in [0.1, 0.15) is 17.2 Å². The number of hydrogen-bond acceptors (Lipinski definition) is 2. The van der Waals surface area contributed by atoms with Gasteiger partial charge >= 0.3 is 0 Å². The zero-order chi connectivity index (χ0) is 12.8. The van der Waals surface area contributed by atoms with Gasteiger partial charge in [-0.1, -0.05) is 19.4 Å². The molecular weight excluding hydrogens is 229 g/mol. The van der Waals surface area contributed by atoms with E-state index in [0.717, 1.165) is 24.8 Å². The van der Waals surface area contributed by atoms with Crippen molar-refractivity contribution < 1.29 is 9.13 Å². The first-order chi connectivity index (χ1) is 8.58. The monoisotopic (exact) mass is 249 g/mol. The van der Waals surface area contributed by atoms with E-state index in [0.29, 0.717) is 11.7 Å². The molecule has 0 bridgehead atoms. The number of halogens is 1. The second kappa shape index (κ2) is 4.23. The van der Waals surface area contributed by atoms with E-state index in [1.165, 1.54) is 25.0 Å². The molecule has 2 N–H and O–H groups in total. The van der Waals surface area contributed by atoms with Crippen LogP contribution >= 0.6 is 0 Å². The van der Waals surface area contributed by atoms with Crippen molar-refractivity contribution in [3.63, 3.8) is 0 Å². The van der Waals surface area contributed by atoms with E-state index >= 15 is 0 Å². The van der Waals surface area contributed by atoms with E-state index in [1.54, 1.807) is 6.07 Å². The number of nitrogens with two attached hydrogens (primary N) is 1. The highest BCUT2D eigenvalue weighted by Gasteiger charge is 2.42. The van der Waals surface area contributed by atoms with Crippen molar-refractivity contribution in [1.29, 1.82) is 0 Å². The third kappa shape index (κ3) is 2.01. The first kappa shape index (κ1) is 12.0. The molecule has 3 heteroatoms. The minimum absolute atomic E-state index is 0.0281. The molecule has 2 aliphatic rings. The SMILES string of the molecule is CC1CCCC2(C1)C[C@@H](N)c1ccc(F)cc1O2. The molecule has 0 amide bonds. The Hall–Kier alpha value is -1.09. The fraction of sp³-hybridized carbons (Fsp3) is 0.600. The Morgan fingerprint density at radius 2 is 2.22 bits per heavy atom. The molecule has 1 aromatic carbocycles. The molecule has 18 heavy (non-hydrogen) atoms. The molecule has 1 fully saturated rings. The zero-order valence-electron chi connectivity index (χ0n) is 10.8. The Labute approximate surface area is 107 Å². The minimum Gasteiger partial charge on any atom is -0.487 e. The second-order valence-corrected chi connectivity index (χ2v) is 5.98. The summed E-state index contributed by atoms with van der Waals surface area (Å²) in [6.07, 6.45) is 5.38. The van der Waals surface area contributed by atoms with Crippen molar-refractivity contribution in [2.24, 2.45) is 11.7 Å². The summed E-state index contributed by atoms with van der Waals surface area (Å²) in [7, 11) is 0. The largest absolute Gasteiger partial charge is 0.487 e. The van der Waals surface area contributed by atoms with Gasteiger partial charge in [-0.2, -0.15) is 0 Å². The second-order valence-electron chi connectivity index (χ2n) is 5.98. The van der Waals surface area contributed by atoms with Crippen LogP contribution in [0.25, 0.3) is 0 Å². The van der Waals surface area contributed by atoms with Crippen LogP contribution in [-0.4, -0.2) is 5.60 Å². The maximum Gasteiger partial charge on any atom is 0.127 e. The molecule has 1 spiro atoms. The van der Waals surface area contributed by atoms with Gasteiger partial charge in [0.15, 0.2) is 0 Å². The van der Waals surface area contributed by atoms with Gasteiger partial charge in [-0.3, -0.25) is 0 Å². The van der Waals surface area contributed by atoms with Crippen molar-refractivity contribution in [3.8, 4) is 5.75 Å². The average molecular weight is 249 g/mol. The normalized spacial score (nSPS) is 35.1. The summed E-state index contributed by atoms with van der Waals surface area (Å²) in [6.45, 7) is 2.26. The standard InChI is InChI=1S/C15H20FNO/c1-10-3-2-6-15(8-10)9-13(17)12-5-4-11(16)7-14(12)18-15/h4-5,7,10,13H,2-3,6,8-9,17H2,1H3/t10?,13-,15?/m1/s1. The predicted octanol–water partition coefficient (Wildman–Crippen LogP) is 3.56. The third-order valence-electron chi connectivity index (χ3n) is 4.34. The lowest BCUT2D eigenvalue weighted by Gasteiger charge is -2.45. The van der Waals surface area contributed by atoms with Gasteiger partial charge in [-0.15, -0.1) is 0 Å². The van der Waals surface area contributed by atoms with E-state index in [1.807, 2.05) is 0 Å². The molecule has 1 saturated carbocycles. The van der Waals surface area contributed by atoms with Crippen molar-refractivity contribution in [2.45, 2.75) is 50.7 Å². The van der Waals surface area contributed by atoms with Crippen LogP contribution in [0.1, 0.15) is 50.6 Å². The van der Waals surface area contributed by atoms with Crippen molar-refractivity contribution in [2.75, 3.05) is 0 Å². The third-order valence-corrected chi connectivity index (χ3v) is 4.34. The lowest BCUT2D eigenvalue weighted by Crippen LogP contribution is -2.46. The molecule has 0 saturated heterocycles. The number of fused-ring (bicyclic) bond motifs is 1. The van der Waals surface area contributed by atoms with Gasteiger partial charge in [-0.05, 0) is 31.2 Å². The Bertz CT molecular complexity index is 462. The molecule has 0 radical (unpaired) electrons. The lowest BCUT2D eigenvalue weighted by atomic mass is 9.73. The molecule has 1 aromatic rings. The van der Waals surface area contributed by atoms with E-state index in [2.05, 4.69) is 6.92 Å². The van der Waals surface area contributed by atoms with Gasteiger partial charge in [0.05, 0.1) is 0 Å². The Morgan fingerprint density at radius 3 is 3.00 bits per heavy atom. The number of hydrogen-bond donors (Lipinski definition) is 1. The van der Waals surface area contributed by atoms with Crippen molar-refractivity contribution in [3.05, 3.63) is 29.6 Å². The topological polar surface area (TPSA) is 35.2 Å². The van der Waals surface area contributed by atoms with Gasteiger partial charge < -0.3 is 10.5 Å². The van der Waals surface area contributed by atoms with Crippen LogP contribution in [0.5, 0.6) is 5.75 Å². The Kier molecular flexibility index (Phi) is 2.81. The smallest absolute Gasteiger partial charge is 0.127 e. The van der Waals surface area contributed by atoms with E-state index in [9.17, 15) is 4.39 Å². The molecule has 2 nitrogen and oxygen atoms in total. The van der Waals surface area contributed by atoms with Gasteiger partial charge in [0.2, 0.25) is 0 Å². The van der Waals surface area contributed by atoms with Crippen LogP contribution in [0.4, 0.5) is 4.39 Å². The summed E-state index contributed by atoms with van der Waals surface area (Å²) < 4.78 is 19.5. The highest BCUT2D eigenvalue weighted by molar-refractivity contribution is 5.39. The average Bonchev–Trinajstić information content (AvgIpc) is 2.27. The van der Waals surface area contributed by atoms with Crippen LogP contribution in [0, 0.1) is 11.7 Å². The van der Waals surface area contributed by atoms with Gasteiger partial charge in [0.25, 0.3) is 0 Å². The summed E-state index contributed by atoms with van der Waals surface area (Å²) in [4.78, 5) is 0. The van der Waals surface area contributed by atoms with Crippen LogP contribution in [0.2, 0.25) is 0 Å². The fourth-order valence-corrected chi connectivity index (χ4v) is 3.58. The molecular formula is C15H20FNO. The van der Waals surface area contributed by atoms with Crippen LogP contribution in [0.3, 0.4) is 0 Å². The zero-order valence-corrected chi connectivity index (χ0v) is 10.8. The molecule has 3 atom stereocenters. The number of benzene rings is 1.